The Morgan fingerprint density at radius 2 is 1.81 bits per heavy atom. The molecule has 0 aliphatic heterocycles. The van der Waals surface area contributed by atoms with Crippen LogP contribution in [-0.4, -0.2) is 22.0 Å². The van der Waals surface area contributed by atoms with Crippen molar-refractivity contribution in [3.8, 4) is 11.6 Å². The van der Waals surface area contributed by atoms with E-state index >= 15 is 0 Å². The van der Waals surface area contributed by atoms with Gasteiger partial charge < -0.3 is 4.74 Å². The number of amides is 1. The summed E-state index contributed by atoms with van der Waals surface area (Å²) in [5, 5.41) is 16.8. The summed E-state index contributed by atoms with van der Waals surface area (Å²) < 4.78 is 5.56. The zero-order valence-corrected chi connectivity index (χ0v) is 16.8. The van der Waals surface area contributed by atoms with Gasteiger partial charge in [-0.25, -0.2) is 10.4 Å². The van der Waals surface area contributed by atoms with E-state index in [9.17, 15) is 14.9 Å². The molecule has 0 spiro atoms. The average Bonchev–Trinajstić information content (AvgIpc) is 2.81. The molecule has 1 amide bonds. The Kier molecular flexibility index (Phi) is 6.12. The zero-order valence-electron chi connectivity index (χ0n) is 16.8. The number of rotatable bonds is 7. The molecular formula is C24H18N4O4. The predicted octanol–water partition coefficient (Wildman–Crippen LogP) is 4.63. The molecule has 158 valence electrons. The maximum Gasteiger partial charge on any atom is 0.287 e. The van der Waals surface area contributed by atoms with Crippen molar-refractivity contribution in [2.75, 3.05) is 0 Å². The van der Waals surface area contributed by atoms with Gasteiger partial charge in [-0.3, -0.25) is 14.9 Å². The molecular weight excluding hydrogens is 408 g/mol. The van der Waals surface area contributed by atoms with Crippen molar-refractivity contribution in [2.45, 2.75) is 6.42 Å². The molecule has 1 aromatic heterocycles. The van der Waals surface area contributed by atoms with Crippen LogP contribution in [0.1, 0.15) is 11.1 Å². The molecule has 4 aromatic rings. The first kappa shape index (κ1) is 20.7. The lowest BCUT2D eigenvalue weighted by Crippen LogP contribution is -2.19. The van der Waals surface area contributed by atoms with Gasteiger partial charge >= 0.3 is 0 Å². The van der Waals surface area contributed by atoms with E-state index in [2.05, 4.69) is 15.5 Å². The topological polar surface area (TPSA) is 107 Å². The highest BCUT2D eigenvalue weighted by Crippen LogP contribution is 2.21. The summed E-state index contributed by atoms with van der Waals surface area (Å²) in [6, 6.07) is 23.5. The van der Waals surface area contributed by atoms with E-state index in [0.29, 0.717) is 5.75 Å². The second-order valence-electron chi connectivity index (χ2n) is 6.89. The molecule has 0 fully saturated rings. The van der Waals surface area contributed by atoms with Crippen LogP contribution < -0.4 is 10.2 Å². The number of ether oxygens (including phenoxy) is 1. The smallest absolute Gasteiger partial charge is 0.287 e. The van der Waals surface area contributed by atoms with Gasteiger partial charge in [-0.1, -0.05) is 42.5 Å². The number of aromatic nitrogens is 1. The van der Waals surface area contributed by atoms with Crippen molar-refractivity contribution < 1.29 is 14.5 Å². The van der Waals surface area contributed by atoms with Crippen LogP contribution in [0.3, 0.4) is 0 Å². The lowest BCUT2D eigenvalue weighted by Gasteiger charge is -2.06. The van der Waals surface area contributed by atoms with Crippen molar-refractivity contribution in [1.82, 2.24) is 10.4 Å². The fourth-order valence-corrected chi connectivity index (χ4v) is 3.12. The Bertz CT molecular complexity index is 1280. The van der Waals surface area contributed by atoms with E-state index in [0.717, 1.165) is 28.1 Å². The fraction of sp³-hybridized carbons (Fsp3) is 0.0417. The van der Waals surface area contributed by atoms with E-state index in [-0.39, 0.29) is 23.9 Å². The van der Waals surface area contributed by atoms with E-state index < -0.39 is 4.92 Å². The van der Waals surface area contributed by atoms with Gasteiger partial charge in [-0.15, -0.1) is 0 Å². The third kappa shape index (κ3) is 5.11. The summed E-state index contributed by atoms with van der Waals surface area (Å²) in [5.41, 5.74) is 4.15. The van der Waals surface area contributed by atoms with Crippen LogP contribution in [-0.2, 0) is 11.2 Å². The minimum atomic E-state index is -0.522. The number of carbonyl (C=O) groups excluding carboxylic acids is 1. The third-order valence-corrected chi connectivity index (χ3v) is 4.67. The zero-order chi connectivity index (χ0) is 22.3. The van der Waals surface area contributed by atoms with Crippen molar-refractivity contribution in [1.29, 1.82) is 0 Å². The van der Waals surface area contributed by atoms with Crippen molar-refractivity contribution in [2.24, 2.45) is 5.10 Å². The molecule has 1 N–H and O–H groups in total. The Balaban J connectivity index is 1.32. The molecule has 0 atom stereocenters. The van der Waals surface area contributed by atoms with E-state index in [1.807, 2.05) is 42.5 Å². The van der Waals surface area contributed by atoms with E-state index in [4.69, 9.17) is 4.74 Å². The van der Waals surface area contributed by atoms with Crippen LogP contribution in [0.4, 0.5) is 5.69 Å². The number of nitro groups is 1. The van der Waals surface area contributed by atoms with Crippen LogP contribution in [0.5, 0.6) is 11.6 Å². The molecule has 0 saturated heterocycles. The van der Waals surface area contributed by atoms with Gasteiger partial charge in [-0.2, -0.15) is 5.10 Å². The van der Waals surface area contributed by atoms with Gasteiger partial charge in [0.15, 0.2) is 0 Å². The van der Waals surface area contributed by atoms with Crippen LogP contribution in [0.2, 0.25) is 0 Å². The monoisotopic (exact) mass is 426 g/mol. The highest BCUT2D eigenvalue weighted by atomic mass is 16.6. The van der Waals surface area contributed by atoms with Crippen molar-refractivity contribution in [3.63, 3.8) is 0 Å². The van der Waals surface area contributed by atoms with Crippen LogP contribution in [0.25, 0.3) is 10.8 Å². The number of fused-ring (bicyclic) bond motifs is 1. The highest BCUT2D eigenvalue weighted by molar-refractivity contribution is 5.90. The normalized spacial score (nSPS) is 10.9. The number of carbonyl (C=O) groups is 1. The van der Waals surface area contributed by atoms with Gasteiger partial charge in [0.25, 0.3) is 5.69 Å². The van der Waals surface area contributed by atoms with Crippen LogP contribution >= 0.6 is 0 Å². The van der Waals surface area contributed by atoms with Crippen molar-refractivity contribution >= 4 is 28.6 Å². The number of hydrogen-bond donors (Lipinski definition) is 1. The first-order valence-corrected chi connectivity index (χ1v) is 9.75. The van der Waals surface area contributed by atoms with E-state index in [1.54, 1.807) is 24.3 Å². The summed E-state index contributed by atoms with van der Waals surface area (Å²) in [6.07, 6.45) is 2.90. The van der Waals surface area contributed by atoms with Gasteiger partial charge in [0.2, 0.25) is 11.8 Å². The lowest BCUT2D eigenvalue weighted by molar-refractivity contribution is -0.385. The Morgan fingerprint density at radius 3 is 2.56 bits per heavy atom. The molecule has 0 aliphatic rings. The number of nitrogens with zero attached hydrogens (tertiary/aromatic N) is 3. The Morgan fingerprint density at radius 1 is 1.03 bits per heavy atom. The Labute approximate surface area is 183 Å². The summed E-state index contributed by atoms with van der Waals surface area (Å²) in [7, 11) is 0. The third-order valence-electron chi connectivity index (χ3n) is 4.67. The first-order valence-electron chi connectivity index (χ1n) is 9.75. The van der Waals surface area contributed by atoms with Gasteiger partial charge in [0.05, 0.1) is 17.6 Å². The van der Waals surface area contributed by atoms with Gasteiger partial charge in [0.1, 0.15) is 11.9 Å². The molecule has 8 heteroatoms. The summed E-state index contributed by atoms with van der Waals surface area (Å²) >= 11 is 0. The standard InChI is InChI=1S/C24H18N4O4/c29-23(14-19-6-3-5-18-4-1-2-7-22(18)19)27-26-15-17-8-11-21(12-9-17)32-24-13-10-20(16-25-24)28(30)31/h1-13,15-16H,14H2,(H,27,29). The second kappa shape index (κ2) is 9.48. The SMILES string of the molecule is O=C(Cc1cccc2ccccc12)NN=Cc1ccc(Oc2ccc([N+](=O)[O-])cn2)cc1. The fourth-order valence-electron chi connectivity index (χ4n) is 3.12. The highest BCUT2D eigenvalue weighted by Gasteiger charge is 2.07. The molecule has 0 aliphatic carbocycles. The molecule has 32 heavy (non-hydrogen) atoms. The molecule has 1 heterocycles. The molecule has 3 aromatic carbocycles. The summed E-state index contributed by atoms with van der Waals surface area (Å²) in [4.78, 5) is 26.3. The van der Waals surface area contributed by atoms with Crippen molar-refractivity contribution in [3.05, 3.63) is 106 Å². The summed E-state index contributed by atoms with van der Waals surface area (Å²) in [5.74, 6) is 0.558. The van der Waals surface area contributed by atoms with E-state index in [1.165, 1.54) is 18.3 Å². The molecule has 0 radical (unpaired) electrons. The molecule has 4 rings (SSSR count). The minimum Gasteiger partial charge on any atom is -0.439 e. The maximum absolute atomic E-state index is 12.3. The quantitative estimate of drug-likeness (QED) is 0.263. The van der Waals surface area contributed by atoms with Gasteiger partial charge in [-0.05, 0) is 46.2 Å². The second-order valence-corrected chi connectivity index (χ2v) is 6.89. The number of nitrogens with one attached hydrogen (secondary N) is 1. The molecule has 0 bridgehead atoms. The number of benzene rings is 3. The summed E-state index contributed by atoms with van der Waals surface area (Å²) in [6.45, 7) is 0. The first-order chi connectivity index (χ1) is 15.6. The Hall–Kier alpha value is -4.59. The number of hydrogen-bond acceptors (Lipinski definition) is 6. The van der Waals surface area contributed by atoms with Crippen LogP contribution in [0, 0.1) is 10.1 Å². The van der Waals surface area contributed by atoms with Crippen LogP contribution in [0.15, 0.2) is 90.2 Å². The number of pyridine rings is 1. The largest absolute Gasteiger partial charge is 0.439 e. The predicted molar refractivity (Wildman–Crippen MR) is 121 cm³/mol. The maximum atomic E-state index is 12.3. The average molecular weight is 426 g/mol. The van der Waals surface area contributed by atoms with Gasteiger partial charge in [0, 0.05) is 12.1 Å². The number of hydrazone groups is 1. The molecule has 8 nitrogen and oxygen atoms in total. The minimum absolute atomic E-state index is 0.105. The molecule has 0 saturated carbocycles. The molecule has 0 unspecified atom stereocenters. The lowest BCUT2D eigenvalue weighted by atomic mass is 10.0.